The molecule has 19 heavy (non-hydrogen) atoms. The number of halogens is 1. The van der Waals surface area contributed by atoms with E-state index in [9.17, 15) is 9.18 Å². The first kappa shape index (κ1) is 13.2. The third-order valence-corrected chi connectivity index (χ3v) is 2.48. The highest BCUT2D eigenvalue weighted by molar-refractivity contribution is 5.96. The summed E-state index contributed by atoms with van der Waals surface area (Å²) in [7, 11) is 0. The Balaban J connectivity index is 2.12. The van der Waals surface area contributed by atoms with Gasteiger partial charge >= 0.3 is 0 Å². The second-order valence-corrected chi connectivity index (χ2v) is 3.93. The molecule has 0 fully saturated rings. The summed E-state index contributed by atoms with van der Waals surface area (Å²) in [6, 6.07) is 3.78. The van der Waals surface area contributed by atoms with E-state index in [2.05, 4.69) is 10.2 Å². The number of ether oxygens (including phenoxy) is 1. The summed E-state index contributed by atoms with van der Waals surface area (Å²) in [6.45, 7) is 3.29. The minimum absolute atomic E-state index is 0.0406. The lowest BCUT2D eigenvalue weighted by Crippen LogP contribution is -2.02. The van der Waals surface area contributed by atoms with E-state index in [0.717, 1.165) is 6.07 Å². The Morgan fingerprint density at radius 2 is 2.11 bits per heavy atom. The molecule has 5 nitrogen and oxygen atoms in total. The average molecular weight is 264 g/mol. The summed E-state index contributed by atoms with van der Waals surface area (Å²) in [5.41, 5.74) is 0.190. The molecule has 2 aromatic rings. The van der Waals surface area contributed by atoms with Crippen molar-refractivity contribution in [3.8, 4) is 5.75 Å². The van der Waals surface area contributed by atoms with Gasteiger partial charge in [-0.05, 0) is 25.1 Å². The molecule has 0 saturated carbocycles. The summed E-state index contributed by atoms with van der Waals surface area (Å²) in [4.78, 5) is 11.4. The molecule has 0 amide bonds. The van der Waals surface area contributed by atoms with Gasteiger partial charge in [-0.15, -0.1) is 10.2 Å². The van der Waals surface area contributed by atoms with E-state index in [4.69, 9.17) is 9.15 Å². The highest BCUT2D eigenvalue weighted by Crippen LogP contribution is 2.21. The molecule has 0 aliphatic carbocycles. The Hall–Kier alpha value is -2.24. The minimum Gasteiger partial charge on any atom is -0.483 e. The van der Waals surface area contributed by atoms with Gasteiger partial charge in [-0.2, -0.15) is 0 Å². The predicted octanol–water partition coefficient (Wildman–Crippen LogP) is 2.55. The van der Waals surface area contributed by atoms with Gasteiger partial charge in [-0.25, -0.2) is 4.39 Å². The maximum atomic E-state index is 13.1. The van der Waals surface area contributed by atoms with Gasteiger partial charge in [0.05, 0.1) is 5.56 Å². The van der Waals surface area contributed by atoms with Gasteiger partial charge in [0.1, 0.15) is 11.6 Å². The number of nitrogens with zero attached hydrogens (tertiary/aromatic N) is 2. The molecule has 0 N–H and O–H groups in total. The van der Waals surface area contributed by atoms with E-state index < -0.39 is 5.82 Å². The normalized spacial score (nSPS) is 10.5. The van der Waals surface area contributed by atoms with Crippen molar-refractivity contribution in [2.75, 3.05) is 0 Å². The number of Topliss-reactive ketones (excluding diaryl/α,β-unsaturated/α-hetero) is 1. The van der Waals surface area contributed by atoms with Gasteiger partial charge in [0.15, 0.2) is 12.4 Å². The molecule has 2 rings (SSSR count). The van der Waals surface area contributed by atoms with Crippen LogP contribution in [0.4, 0.5) is 4.39 Å². The second-order valence-electron chi connectivity index (χ2n) is 3.93. The number of aromatic nitrogens is 2. The zero-order chi connectivity index (χ0) is 13.8. The Kier molecular flexibility index (Phi) is 3.89. The first-order valence-corrected chi connectivity index (χ1v) is 5.84. The topological polar surface area (TPSA) is 65.2 Å². The van der Waals surface area contributed by atoms with Crippen molar-refractivity contribution < 1.29 is 18.3 Å². The quantitative estimate of drug-likeness (QED) is 0.776. The van der Waals surface area contributed by atoms with Crippen LogP contribution in [0.2, 0.25) is 0 Å². The number of benzene rings is 1. The van der Waals surface area contributed by atoms with Crippen LogP contribution in [0.5, 0.6) is 5.75 Å². The van der Waals surface area contributed by atoms with E-state index in [0.29, 0.717) is 24.0 Å². The number of carbonyl (C=O) groups is 1. The number of carbonyl (C=O) groups excluding carboxylic acids is 1. The largest absolute Gasteiger partial charge is 0.483 e. The third-order valence-electron chi connectivity index (χ3n) is 2.48. The molecule has 1 aromatic carbocycles. The van der Waals surface area contributed by atoms with Crippen LogP contribution in [-0.4, -0.2) is 16.0 Å². The smallest absolute Gasteiger partial charge is 0.253 e. The van der Waals surface area contributed by atoms with Crippen LogP contribution in [0.25, 0.3) is 0 Å². The summed E-state index contributed by atoms with van der Waals surface area (Å²) in [5, 5.41) is 7.59. The fourth-order valence-electron chi connectivity index (χ4n) is 1.53. The van der Waals surface area contributed by atoms with E-state index in [-0.39, 0.29) is 18.0 Å². The summed E-state index contributed by atoms with van der Waals surface area (Å²) < 4.78 is 23.8. The van der Waals surface area contributed by atoms with Gasteiger partial charge in [-0.3, -0.25) is 4.79 Å². The first-order valence-electron chi connectivity index (χ1n) is 5.84. The van der Waals surface area contributed by atoms with E-state index in [1.165, 1.54) is 19.1 Å². The maximum absolute atomic E-state index is 13.1. The molecule has 0 saturated heterocycles. The van der Waals surface area contributed by atoms with Gasteiger partial charge in [-0.1, -0.05) is 6.92 Å². The van der Waals surface area contributed by atoms with Crippen LogP contribution >= 0.6 is 0 Å². The van der Waals surface area contributed by atoms with Crippen molar-refractivity contribution in [2.45, 2.75) is 26.9 Å². The number of aryl methyl sites for hydroxylation is 1. The van der Waals surface area contributed by atoms with Crippen LogP contribution in [0.15, 0.2) is 22.6 Å². The maximum Gasteiger partial charge on any atom is 0.253 e. The van der Waals surface area contributed by atoms with Crippen molar-refractivity contribution in [1.82, 2.24) is 10.2 Å². The molecule has 0 aliphatic rings. The second kappa shape index (κ2) is 5.60. The predicted molar refractivity (Wildman–Crippen MR) is 64.4 cm³/mol. The minimum atomic E-state index is -0.483. The Bertz CT molecular complexity index is 595. The highest BCUT2D eigenvalue weighted by Gasteiger charge is 2.12. The van der Waals surface area contributed by atoms with Crippen LogP contribution in [-0.2, 0) is 13.0 Å². The zero-order valence-electron chi connectivity index (χ0n) is 10.6. The van der Waals surface area contributed by atoms with Gasteiger partial charge in [0, 0.05) is 6.42 Å². The van der Waals surface area contributed by atoms with Crippen molar-refractivity contribution in [1.29, 1.82) is 0 Å². The standard InChI is InChI=1S/C13H13FN2O3/c1-3-12-15-16-13(19-12)7-18-11-5-4-9(14)6-10(11)8(2)17/h4-6H,3,7H2,1-2H3. The van der Waals surface area contributed by atoms with Gasteiger partial charge < -0.3 is 9.15 Å². The van der Waals surface area contributed by atoms with Crippen LogP contribution in [0.3, 0.4) is 0 Å². The molecule has 0 spiro atoms. The van der Waals surface area contributed by atoms with Crippen molar-refractivity contribution in [3.05, 3.63) is 41.4 Å². The summed E-state index contributed by atoms with van der Waals surface area (Å²) in [5.74, 6) is 0.378. The third kappa shape index (κ3) is 3.15. The monoisotopic (exact) mass is 264 g/mol. The van der Waals surface area contributed by atoms with Crippen LogP contribution < -0.4 is 4.74 Å². The highest BCUT2D eigenvalue weighted by atomic mass is 19.1. The Labute approximate surface area is 109 Å². The molecular formula is C13H13FN2O3. The molecule has 0 bridgehead atoms. The molecule has 1 heterocycles. The average Bonchev–Trinajstić information content (AvgIpc) is 2.85. The lowest BCUT2D eigenvalue weighted by atomic mass is 10.1. The lowest BCUT2D eigenvalue weighted by Gasteiger charge is -2.07. The molecule has 0 atom stereocenters. The fraction of sp³-hybridized carbons (Fsp3) is 0.308. The fourth-order valence-corrected chi connectivity index (χ4v) is 1.53. The molecule has 1 aromatic heterocycles. The SMILES string of the molecule is CCc1nnc(COc2ccc(F)cc2C(C)=O)o1. The molecule has 0 radical (unpaired) electrons. The number of ketones is 1. The van der Waals surface area contributed by atoms with Crippen molar-refractivity contribution in [3.63, 3.8) is 0 Å². The first-order chi connectivity index (χ1) is 9.10. The van der Waals surface area contributed by atoms with Gasteiger partial charge in [0.2, 0.25) is 5.89 Å². The van der Waals surface area contributed by atoms with Crippen molar-refractivity contribution in [2.24, 2.45) is 0 Å². The summed E-state index contributed by atoms with van der Waals surface area (Å²) >= 11 is 0. The van der Waals surface area contributed by atoms with E-state index in [1.807, 2.05) is 6.92 Å². The lowest BCUT2D eigenvalue weighted by molar-refractivity contribution is 0.101. The Morgan fingerprint density at radius 3 is 2.74 bits per heavy atom. The van der Waals surface area contributed by atoms with Crippen molar-refractivity contribution >= 4 is 5.78 Å². The van der Waals surface area contributed by atoms with E-state index >= 15 is 0 Å². The number of hydrogen-bond acceptors (Lipinski definition) is 5. The molecule has 0 unspecified atom stereocenters. The molecule has 6 heteroatoms. The number of rotatable bonds is 5. The number of hydrogen-bond donors (Lipinski definition) is 0. The van der Waals surface area contributed by atoms with Crippen LogP contribution in [0.1, 0.15) is 36.0 Å². The zero-order valence-corrected chi connectivity index (χ0v) is 10.6. The summed E-state index contributed by atoms with van der Waals surface area (Å²) in [6.07, 6.45) is 0.641. The van der Waals surface area contributed by atoms with Gasteiger partial charge in [0.25, 0.3) is 5.89 Å². The van der Waals surface area contributed by atoms with E-state index in [1.54, 1.807) is 0 Å². The molecule has 100 valence electrons. The molecular weight excluding hydrogens is 251 g/mol. The van der Waals surface area contributed by atoms with Crippen LogP contribution in [0, 0.1) is 5.82 Å². The molecule has 0 aliphatic heterocycles. The Morgan fingerprint density at radius 1 is 1.37 bits per heavy atom.